The molecule has 0 aromatic rings. The zero-order valence-electron chi connectivity index (χ0n) is 17.4. The van der Waals surface area contributed by atoms with Gasteiger partial charge in [0.2, 0.25) is 0 Å². The summed E-state index contributed by atoms with van der Waals surface area (Å²) in [5.74, 6) is -3.84. The van der Waals surface area contributed by atoms with E-state index in [2.05, 4.69) is 0 Å². The second-order valence-electron chi connectivity index (χ2n) is 6.62. The first-order valence-electron chi connectivity index (χ1n) is 8.97. The number of carboxylic acids is 2. The summed E-state index contributed by atoms with van der Waals surface area (Å²) in [6.45, 7) is 5.24. The molecule has 0 aromatic carbocycles. The monoisotopic (exact) mass is 424 g/mol. The van der Waals surface area contributed by atoms with E-state index in [9.17, 15) is 32.8 Å². The van der Waals surface area contributed by atoms with Gasteiger partial charge in [-0.1, -0.05) is 65.7 Å². The maximum Gasteiger partial charge on any atom is 1.00 e. The molecule has 0 aliphatic rings. The Hall–Kier alpha value is 0.850. The van der Waals surface area contributed by atoms with Crippen LogP contribution in [0.2, 0.25) is 0 Å². The van der Waals surface area contributed by atoms with Gasteiger partial charge in [0.1, 0.15) is 4.75 Å². The number of rotatable bonds is 14. The van der Waals surface area contributed by atoms with Crippen LogP contribution < -0.4 is 69.3 Å². The minimum atomic E-state index is -5.25. The van der Waals surface area contributed by atoms with Gasteiger partial charge in [0, 0.05) is 11.4 Å². The SMILES string of the molecule is CCCCCCCC(C(=O)[O-])(C(CCC)(CCC)C(=O)[O-])S(=O)(=O)O.[Na+].[Na+]. The van der Waals surface area contributed by atoms with Crippen molar-refractivity contribution in [3.8, 4) is 0 Å². The summed E-state index contributed by atoms with van der Waals surface area (Å²) in [5.41, 5.74) is -2.23. The van der Waals surface area contributed by atoms with Crippen molar-refractivity contribution in [2.45, 2.75) is 89.7 Å². The van der Waals surface area contributed by atoms with E-state index in [0.29, 0.717) is 6.42 Å². The molecule has 0 fully saturated rings. The molecule has 0 rings (SSSR count). The number of carbonyl (C=O) groups excluding carboxylic acids is 2. The summed E-state index contributed by atoms with van der Waals surface area (Å²) in [4.78, 5) is 23.9. The average molecular weight is 424 g/mol. The number of carbonyl (C=O) groups is 2. The van der Waals surface area contributed by atoms with E-state index in [1.807, 2.05) is 6.92 Å². The molecule has 27 heavy (non-hydrogen) atoms. The molecule has 0 bridgehead atoms. The molecule has 0 aromatic heterocycles. The maximum absolute atomic E-state index is 12.2. The first-order chi connectivity index (χ1) is 11.6. The summed E-state index contributed by atoms with van der Waals surface area (Å²) in [5, 5.41) is 23.9. The van der Waals surface area contributed by atoms with Gasteiger partial charge in [-0.15, -0.1) is 0 Å². The summed E-state index contributed by atoms with van der Waals surface area (Å²) in [6.07, 6.45) is 2.81. The van der Waals surface area contributed by atoms with Crippen LogP contribution in [-0.4, -0.2) is 29.7 Å². The van der Waals surface area contributed by atoms with Crippen LogP contribution in [0.25, 0.3) is 0 Å². The second kappa shape index (κ2) is 14.8. The zero-order chi connectivity index (χ0) is 19.7. The molecular weight excluding hydrogens is 394 g/mol. The number of unbranched alkanes of at least 4 members (excludes halogenated alkanes) is 4. The van der Waals surface area contributed by atoms with Crippen molar-refractivity contribution in [3.63, 3.8) is 0 Å². The normalized spacial score (nSPS) is 13.8. The van der Waals surface area contributed by atoms with E-state index in [1.165, 1.54) is 0 Å². The van der Waals surface area contributed by atoms with Crippen molar-refractivity contribution in [1.29, 1.82) is 0 Å². The Kier molecular flexibility index (Phi) is 17.8. The number of aliphatic carboxylic acids is 2. The molecule has 1 N–H and O–H groups in total. The molecular formula is C17H30Na2O7S. The third-order valence-corrected chi connectivity index (χ3v) is 6.56. The smallest absolute Gasteiger partial charge is 0.549 e. The predicted molar refractivity (Wildman–Crippen MR) is 89.9 cm³/mol. The molecule has 0 radical (unpaired) electrons. The maximum atomic E-state index is 12.2. The zero-order valence-corrected chi connectivity index (χ0v) is 22.2. The third-order valence-electron chi connectivity index (χ3n) is 4.92. The molecule has 0 aliphatic heterocycles. The van der Waals surface area contributed by atoms with Gasteiger partial charge in [-0.2, -0.15) is 8.42 Å². The van der Waals surface area contributed by atoms with Gasteiger partial charge in [-0.25, -0.2) is 0 Å². The molecule has 0 spiro atoms. The molecule has 10 heteroatoms. The third kappa shape index (κ3) is 7.55. The summed E-state index contributed by atoms with van der Waals surface area (Å²) >= 11 is 0. The summed E-state index contributed by atoms with van der Waals surface area (Å²) < 4.78 is 31.2. The van der Waals surface area contributed by atoms with Crippen LogP contribution in [-0.2, 0) is 19.7 Å². The Morgan fingerprint density at radius 3 is 1.52 bits per heavy atom. The molecule has 0 amide bonds. The van der Waals surface area contributed by atoms with E-state index in [-0.39, 0.29) is 91.2 Å². The van der Waals surface area contributed by atoms with Crippen LogP contribution in [0.3, 0.4) is 0 Å². The molecule has 7 nitrogen and oxygen atoms in total. The van der Waals surface area contributed by atoms with Crippen LogP contribution >= 0.6 is 0 Å². The topological polar surface area (TPSA) is 135 Å². The first kappa shape index (κ1) is 32.5. The van der Waals surface area contributed by atoms with Gasteiger partial charge < -0.3 is 19.8 Å². The number of carboxylic acid groups (broad SMARTS) is 2. The van der Waals surface area contributed by atoms with Crippen LogP contribution in [0.15, 0.2) is 0 Å². The van der Waals surface area contributed by atoms with Crippen molar-refractivity contribution >= 4 is 22.1 Å². The van der Waals surface area contributed by atoms with Crippen molar-refractivity contribution in [2.75, 3.05) is 0 Å². The van der Waals surface area contributed by atoms with E-state index in [0.717, 1.165) is 19.3 Å². The molecule has 148 valence electrons. The fraction of sp³-hybridized carbons (Fsp3) is 0.882. The van der Waals surface area contributed by atoms with Gasteiger partial charge in [-0.3, -0.25) is 4.55 Å². The number of hydrogen-bond acceptors (Lipinski definition) is 6. The van der Waals surface area contributed by atoms with Crippen LogP contribution in [0.1, 0.15) is 85.0 Å². The van der Waals surface area contributed by atoms with Gasteiger partial charge in [0.05, 0.1) is 5.97 Å². The largest absolute Gasteiger partial charge is 1.00 e. The standard InChI is InChI=1S/C17H32O7S.2Na/c1-4-7-8-9-10-13-17(15(20)21,25(22,23)24)16(11-5-2,12-6-3)14(18)19;;/h4-13H2,1-3H3,(H,18,19)(H,20,21)(H,22,23,24);;/q;2*+1/p-2. The van der Waals surface area contributed by atoms with Crippen molar-refractivity contribution in [2.24, 2.45) is 5.41 Å². The quantitative estimate of drug-likeness (QED) is 0.168. The fourth-order valence-corrected chi connectivity index (χ4v) is 5.14. The summed E-state index contributed by atoms with van der Waals surface area (Å²) in [6, 6.07) is 0. The van der Waals surface area contributed by atoms with E-state index in [4.69, 9.17) is 0 Å². The molecule has 0 aliphatic carbocycles. The molecule has 0 saturated heterocycles. The minimum absolute atomic E-state index is 0. The Labute approximate surface area is 207 Å². The molecule has 0 heterocycles. The second-order valence-corrected chi connectivity index (χ2v) is 8.27. The van der Waals surface area contributed by atoms with Gasteiger partial charge >= 0.3 is 59.1 Å². The van der Waals surface area contributed by atoms with Crippen molar-refractivity contribution in [3.05, 3.63) is 0 Å². The first-order valence-corrected chi connectivity index (χ1v) is 10.4. The Bertz CT molecular complexity index is 545. The van der Waals surface area contributed by atoms with Crippen molar-refractivity contribution in [1.82, 2.24) is 0 Å². The van der Waals surface area contributed by atoms with Crippen LogP contribution in [0.5, 0.6) is 0 Å². The van der Waals surface area contributed by atoms with E-state index < -0.39 is 38.6 Å². The average Bonchev–Trinajstić information content (AvgIpc) is 2.48. The predicted octanol–water partition coefficient (Wildman–Crippen LogP) is -4.93. The van der Waals surface area contributed by atoms with Gasteiger partial charge in [0.15, 0.2) is 0 Å². The van der Waals surface area contributed by atoms with Gasteiger partial charge in [0.25, 0.3) is 10.1 Å². The van der Waals surface area contributed by atoms with Gasteiger partial charge in [-0.05, 0) is 19.3 Å². The fourth-order valence-electron chi connectivity index (χ4n) is 3.75. The minimum Gasteiger partial charge on any atom is -0.549 e. The van der Waals surface area contributed by atoms with Crippen molar-refractivity contribution < 1.29 is 91.9 Å². The summed E-state index contributed by atoms with van der Waals surface area (Å²) in [7, 11) is -5.25. The van der Waals surface area contributed by atoms with Crippen LogP contribution in [0.4, 0.5) is 0 Å². The van der Waals surface area contributed by atoms with E-state index in [1.54, 1.807) is 13.8 Å². The number of hydrogen-bond donors (Lipinski definition) is 1. The Balaban J connectivity index is -0.00000288. The van der Waals surface area contributed by atoms with E-state index >= 15 is 0 Å². The Morgan fingerprint density at radius 1 is 0.778 bits per heavy atom. The van der Waals surface area contributed by atoms with Crippen LogP contribution in [0, 0.1) is 5.41 Å². The molecule has 0 saturated carbocycles. The molecule has 1 atom stereocenters. The Morgan fingerprint density at radius 2 is 1.22 bits per heavy atom. The molecule has 1 unspecified atom stereocenters.